The molecule has 0 bridgehead atoms. The lowest BCUT2D eigenvalue weighted by Gasteiger charge is -2.34. The van der Waals surface area contributed by atoms with Crippen molar-refractivity contribution in [3.63, 3.8) is 0 Å². The summed E-state index contributed by atoms with van der Waals surface area (Å²) in [5, 5.41) is 4.42. The van der Waals surface area contributed by atoms with E-state index in [9.17, 15) is 4.79 Å². The standard InChI is InChI=1S/C13H22N4O2/c1-9-6-10(2)17(15-9)8-12-7-16(4-5-19-12)13(18)11(3)14/h6,11-12H,4-5,7-8,14H2,1-3H3. The minimum atomic E-state index is -0.451. The highest BCUT2D eigenvalue weighted by Crippen LogP contribution is 2.10. The number of carbonyl (C=O) groups excluding carboxylic acids is 1. The maximum atomic E-state index is 11.9. The van der Waals surface area contributed by atoms with E-state index in [0.717, 1.165) is 11.4 Å². The van der Waals surface area contributed by atoms with Crippen LogP contribution in [-0.4, -0.2) is 52.4 Å². The zero-order chi connectivity index (χ0) is 14.0. The smallest absolute Gasteiger partial charge is 0.239 e. The van der Waals surface area contributed by atoms with E-state index in [0.29, 0.717) is 26.2 Å². The average Bonchev–Trinajstić information content (AvgIpc) is 2.67. The first-order valence-electron chi connectivity index (χ1n) is 6.64. The van der Waals surface area contributed by atoms with Gasteiger partial charge in [0.25, 0.3) is 0 Å². The van der Waals surface area contributed by atoms with Gasteiger partial charge in [-0.2, -0.15) is 5.10 Å². The van der Waals surface area contributed by atoms with Gasteiger partial charge in [-0.3, -0.25) is 9.48 Å². The highest BCUT2D eigenvalue weighted by atomic mass is 16.5. The minimum Gasteiger partial charge on any atom is -0.373 e. The Bertz CT molecular complexity index is 455. The molecule has 1 aliphatic rings. The van der Waals surface area contributed by atoms with Crippen molar-refractivity contribution in [1.82, 2.24) is 14.7 Å². The highest BCUT2D eigenvalue weighted by molar-refractivity contribution is 5.81. The van der Waals surface area contributed by atoms with Gasteiger partial charge in [-0.1, -0.05) is 0 Å². The summed E-state index contributed by atoms with van der Waals surface area (Å²) in [6.07, 6.45) is -0.0190. The molecule has 0 spiro atoms. The van der Waals surface area contributed by atoms with Crippen molar-refractivity contribution >= 4 is 5.91 Å². The molecule has 1 aromatic heterocycles. The molecule has 1 saturated heterocycles. The third kappa shape index (κ3) is 3.33. The Morgan fingerprint density at radius 3 is 2.95 bits per heavy atom. The number of morpholine rings is 1. The molecule has 6 heteroatoms. The maximum Gasteiger partial charge on any atom is 0.239 e. The van der Waals surface area contributed by atoms with Gasteiger partial charge in [0.15, 0.2) is 0 Å². The number of nitrogens with zero attached hydrogens (tertiary/aromatic N) is 3. The predicted molar refractivity (Wildman–Crippen MR) is 71.7 cm³/mol. The Balaban J connectivity index is 1.98. The molecule has 2 rings (SSSR count). The Hall–Kier alpha value is -1.40. The fourth-order valence-corrected chi connectivity index (χ4v) is 2.37. The third-order valence-electron chi connectivity index (χ3n) is 3.32. The molecule has 0 saturated carbocycles. The first-order chi connectivity index (χ1) is 8.97. The molecule has 0 aromatic carbocycles. The number of nitrogens with two attached hydrogens (primary N) is 1. The lowest BCUT2D eigenvalue weighted by atomic mass is 10.2. The minimum absolute atomic E-state index is 0.0123. The van der Waals surface area contributed by atoms with E-state index in [2.05, 4.69) is 5.10 Å². The van der Waals surface area contributed by atoms with Crippen molar-refractivity contribution in [3.8, 4) is 0 Å². The number of aromatic nitrogens is 2. The van der Waals surface area contributed by atoms with Crippen LogP contribution in [-0.2, 0) is 16.1 Å². The molecule has 1 aromatic rings. The van der Waals surface area contributed by atoms with E-state index in [4.69, 9.17) is 10.5 Å². The normalized spacial score (nSPS) is 21.5. The zero-order valence-electron chi connectivity index (χ0n) is 11.8. The van der Waals surface area contributed by atoms with Crippen LogP contribution in [0.25, 0.3) is 0 Å². The molecule has 1 fully saturated rings. The number of aryl methyl sites for hydroxylation is 2. The van der Waals surface area contributed by atoms with Gasteiger partial charge >= 0.3 is 0 Å². The molecule has 1 aliphatic heterocycles. The lowest BCUT2D eigenvalue weighted by molar-refractivity contribution is -0.140. The number of ether oxygens (including phenoxy) is 1. The summed E-state index contributed by atoms with van der Waals surface area (Å²) in [5.41, 5.74) is 7.75. The van der Waals surface area contributed by atoms with Crippen LogP contribution in [0.5, 0.6) is 0 Å². The monoisotopic (exact) mass is 266 g/mol. The highest BCUT2D eigenvalue weighted by Gasteiger charge is 2.26. The van der Waals surface area contributed by atoms with E-state index in [1.165, 1.54) is 0 Å². The van der Waals surface area contributed by atoms with Crippen LogP contribution in [0.2, 0.25) is 0 Å². The van der Waals surface area contributed by atoms with Crippen molar-refractivity contribution in [3.05, 3.63) is 17.5 Å². The Labute approximate surface area is 113 Å². The first kappa shape index (κ1) is 14.0. The Kier molecular flexibility index (Phi) is 4.21. The first-order valence-corrected chi connectivity index (χ1v) is 6.64. The molecule has 0 radical (unpaired) electrons. The van der Waals surface area contributed by atoms with Crippen molar-refractivity contribution in [2.75, 3.05) is 19.7 Å². The maximum absolute atomic E-state index is 11.9. The fourth-order valence-electron chi connectivity index (χ4n) is 2.37. The predicted octanol–water partition coefficient (Wildman–Crippen LogP) is 0.0745. The summed E-state index contributed by atoms with van der Waals surface area (Å²) >= 11 is 0. The van der Waals surface area contributed by atoms with Crippen molar-refractivity contribution in [2.45, 2.75) is 39.5 Å². The Morgan fingerprint density at radius 1 is 1.63 bits per heavy atom. The molecule has 19 heavy (non-hydrogen) atoms. The van der Waals surface area contributed by atoms with E-state index < -0.39 is 6.04 Å². The quantitative estimate of drug-likeness (QED) is 0.840. The Morgan fingerprint density at radius 2 is 2.37 bits per heavy atom. The molecule has 2 heterocycles. The second kappa shape index (κ2) is 5.71. The van der Waals surface area contributed by atoms with Gasteiger partial charge in [-0.05, 0) is 26.8 Å². The summed E-state index contributed by atoms with van der Waals surface area (Å²) in [6, 6.07) is 1.58. The SMILES string of the molecule is Cc1cc(C)n(CC2CN(C(=O)C(C)N)CCO2)n1. The molecule has 2 N–H and O–H groups in total. The van der Waals surface area contributed by atoms with Gasteiger partial charge in [0.2, 0.25) is 5.91 Å². The second-order valence-electron chi connectivity index (χ2n) is 5.17. The third-order valence-corrected chi connectivity index (χ3v) is 3.32. The average molecular weight is 266 g/mol. The van der Waals surface area contributed by atoms with Gasteiger partial charge in [0, 0.05) is 18.8 Å². The number of carbonyl (C=O) groups is 1. The molecule has 106 valence electrons. The summed E-state index contributed by atoms with van der Waals surface area (Å²) in [7, 11) is 0. The number of rotatable bonds is 3. The summed E-state index contributed by atoms with van der Waals surface area (Å²) < 4.78 is 7.64. The van der Waals surface area contributed by atoms with Crippen LogP contribution in [0.15, 0.2) is 6.07 Å². The molecule has 0 aliphatic carbocycles. The molecular formula is C13H22N4O2. The van der Waals surface area contributed by atoms with Gasteiger partial charge < -0.3 is 15.4 Å². The molecular weight excluding hydrogens is 244 g/mol. The second-order valence-corrected chi connectivity index (χ2v) is 5.17. The van der Waals surface area contributed by atoms with Gasteiger partial charge in [0.05, 0.1) is 31.0 Å². The van der Waals surface area contributed by atoms with Crippen LogP contribution >= 0.6 is 0 Å². The lowest BCUT2D eigenvalue weighted by Crippen LogP contribution is -2.51. The van der Waals surface area contributed by atoms with E-state index in [1.807, 2.05) is 24.6 Å². The van der Waals surface area contributed by atoms with Crippen LogP contribution in [0.1, 0.15) is 18.3 Å². The number of hydrogen-bond acceptors (Lipinski definition) is 4. The van der Waals surface area contributed by atoms with Crippen LogP contribution in [0.3, 0.4) is 0 Å². The topological polar surface area (TPSA) is 73.4 Å². The van der Waals surface area contributed by atoms with E-state index >= 15 is 0 Å². The summed E-state index contributed by atoms with van der Waals surface area (Å²) in [4.78, 5) is 13.7. The van der Waals surface area contributed by atoms with Crippen LogP contribution in [0, 0.1) is 13.8 Å². The molecule has 2 atom stereocenters. The van der Waals surface area contributed by atoms with Crippen molar-refractivity contribution < 1.29 is 9.53 Å². The van der Waals surface area contributed by atoms with Crippen LogP contribution < -0.4 is 5.73 Å². The van der Waals surface area contributed by atoms with Gasteiger partial charge in [-0.15, -0.1) is 0 Å². The van der Waals surface area contributed by atoms with Crippen molar-refractivity contribution in [2.24, 2.45) is 5.73 Å². The molecule has 6 nitrogen and oxygen atoms in total. The van der Waals surface area contributed by atoms with Crippen LogP contribution in [0.4, 0.5) is 0 Å². The fraction of sp³-hybridized carbons (Fsp3) is 0.692. The van der Waals surface area contributed by atoms with Gasteiger partial charge in [-0.25, -0.2) is 0 Å². The zero-order valence-corrected chi connectivity index (χ0v) is 11.8. The largest absolute Gasteiger partial charge is 0.373 e. The summed E-state index contributed by atoms with van der Waals surface area (Å²) in [5.74, 6) is -0.0123. The van der Waals surface area contributed by atoms with Gasteiger partial charge in [0.1, 0.15) is 0 Å². The molecule has 2 unspecified atom stereocenters. The number of hydrogen-bond donors (Lipinski definition) is 1. The number of amides is 1. The van der Waals surface area contributed by atoms with Crippen molar-refractivity contribution in [1.29, 1.82) is 0 Å². The van der Waals surface area contributed by atoms with E-state index in [1.54, 1.807) is 11.8 Å². The summed E-state index contributed by atoms with van der Waals surface area (Å²) in [6.45, 7) is 8.14. The van der Waals surface area contributed by atoms with E-state index in [-0.39, 0.29) is 12.0 Å². The molecule has 1 amide bonds.